The highest BCUT2D eigenvalue weighted by Crippen LogP contribution is 2.36. The maximum Gasteiger partial charge on any atom is 0.417 e. The van der Waals surface area contributed by atoms with Gasteiger partial charge < -0.3 is 20.4 Å². The second kappa shape index (κ2) is 8.39. The molecule has 4 rings (SSSR count). The van der Waals surface area contributed by atoms with Gasteiger partial charge in [-0.05, 0) is 36.4 Å². The highest BCUT2D eigenvalue weighted by Gasteiger charge is 2.33. The number of benzene rings is 2. The summed E-state index contributed by atoms with van der Waals surface area (Å²) in [6.07, 6.45) is -3.06. The number of nitrogens with one attached hydrogen (secondary N) is 3. The summed E-state index contributed by atoms with van der Waals surface area (Å²) in [5.74, 6) is 0.879. The first-order valence-corrected chi connectivity index (χ1v) is 9.60. The topological polar surface area (TPSA) is 91.9 Å². The average molecular weight is 462 g/mol. The minimum absolute atomic E-state index is 0.215. The summed E-state index contributed by atoms with van der Waals surface area (Å²) < 4.78 is 44.4. The number of hydrogen-bond donors (Lipinski definition) is 3. The molecule has 0 unspecified atom stereocenters. The van der Waals surface area contributed by atoms with Gasteiger partial charge in [0.2, 0.25) is 5.95 Å². The monoisotopic (exact) mass is 461 g/mol. The fourth-order valence-electron chi connectivity index (χ4n) is 2.93. The Kier molecular flexibility index (Phi) is 5.62. The van der Waals surface area contributed by atoms with Crippen LogP contribution in [0.15, 0.2) is 54.7 Å². The highest BCUT2D eigenvalue weighted by molar-refractivity contribution is 6.31. The van der Waals surface area contributed by atoms with E-state index in [0.29, 0.717) is 34.2 Å². The molecule has 7 nitrogen and oxygen atoms in total. The van der Waals surface area contributed by atoms with Crippen molar-refractivity contribution in [1.82, 2.24) is 20.3 Å². The van der Waals surface area contributed by atoms with Crippen LogP contribution in [0.25, 0.3) is 11.0 Å². The zero-order valence-corrected chi connectivity index (χ0v) is 17.2. The lowest BCUT2D eigenvalue weighted by atomic mass is 10.2. The van der Waals surface area contributed by atoms with E-state index in [-0.39, 0.29) is 11.6 Å². The van der Waals surface area contributed by atoms with Crippen molar-refractivity contribution < 1.29 is 22.7 Å². The molecule has 0 aliphatic carbocycles. The van der Waals surface area contributed by atoms with E-state index in [1.54, 1.807) is 24.3 Å². The summed E-state index contributed by atoms with van der Waals surface area (Å²) in [6.45, 7) is 0. The molecular weight excluding hydrogens is 447 g/mol. The Hall–Kier alpha value is -3.79. The number of ether oxygens (including phenoxy) is 1. The maximum atomic E-state index is 12.9. The molecule has 0 aliphatic heterocycles. The predicted octanol–water partition coefficient (Wildman–Crippen LogP) is 5.53. The van der Waals surface area contributed by atoms with Crippen molar-refractivity contribution in [2.75, 3.05) is 12.4 Å². The molecule has 0 bridgehead atoms. The minimum atomic E-state index is -4.53. The SMILES string of the molecule is CNC(=O)c1cc(Oc2ccc3[nH]c(Nc4ccc(C(F)(F)F)c(Cl)c4)nc3c2)ccn1. The molecule has 0 spiro atoms. The largest absolute Gasteiger partial charge is 0.457 e. The van der Waals surface area contributed by atoms with E-state index in [2.05, 4.69) is 25.6 Å². The number of hydrogen-bond acceptors (Lipinski definition) is 5. The van der Waals surface area contributed by atoms with E-state index in [1.807, 2.05) is 0 Å². The number of anilines is 2. The number of carbonyl (C=O) groups is 1. The van der Waals surface area contributed by atoms with Crippen LogP contribution < -0.4 is 15.4 Å². The quantitative estimate of drug-likeness (QED) is 0.363. The molecule has 0 saturated heterocycles. The number of halogens is 4. The van der Waals surface area contributed by atoms with E-state index >= 15 is 0 Å². The third-order valence-corrected chi connectivity index (χ3v) is 4.73. The van der Waals surface area contributed by atoms with Crippen LogP contribution in [0.1, 0.15) is 16.1 Å². The molecule has 0 fully saturated rings. The predicted molar refractivity (Wildman–Crippen MR) is 114 cm³/mol. The van der Waals surface area contributed by atoms with Gasteiger partial charge >= 0.3 is 6.18 Å². The van der Waals surface area contributed by atoms with Crippen molar-refractivity contribution >= 4 is 40.2 Å². The van der Waals surface area contributed by atoms with E-state index in [4.69, 9.17) is 16.3 Å². The van der Waals surface area contributed by atoms with E-state index in [0.717, 1.165) is 6.07 Å². The molecule has 4 aromatic rings. The number of amides is 1. The molecular formula is C21H15ClF3N5O2. The van der Waals surface area contributed by atoms with Gasteiger partial charge in [-0.3, -0.25) is 9.78 Å². The van der Waals surface area contributed by atoms with Crippen LogP contribution in [0.4, 0.5) is 24.8 Å². The van der Waals surface area contributed by atoms with Crippen molar-refractivity contribution in [3.8, 4) is 11.5 Å². The second-order valence-corrected chi connectivity index (χ2v) is 7.05. The number of aromatic amines is 1. The Bertz CT molecular complexity index is 1310. The summed E-state index contributed by atoms with van der Waals surface area (Å²) >= 11 is 5.76. The maximum absolute atomic E-state index is 12.9. The smallest absolute Gasteiger partial charge is 0.417 e. The molecule has 0 atom stereocenters. The van der Waals surface area contributed by atoms with E-state index < -0.39 is 16.8 Å². The molecule has 2 heterocycles. The summed E-state index contributed by atoms with van der Waals surface area (Å²) in [6, 6.07) is 11.6. The lowest BCUT2D eigenvalue weighted by Gasteiger charge is -2.10. The summed E-state index contributed by atoms with van der Waals surface area (Å²) in [4.78, 5) is 23.1. The molecule has 164 valence electrons. The Balaban J connectivity index is 1.54. The van der Waals surface area contributed by atoms with Crippen LogP contribution in [0, 0.1) is 0 Å². The van der Waals surface area contributed by atoms with Crippen molar-refractivity contribution in [1.29, 1.82) is 0 Å². The van der Waals surface area contributed by atoms with Gasteiger partial charge in [0.15, 0.2) is 0 Å². The third kappa shape index (κ3) is 4.59. The molecule has 1 amide bonds. The fourth-order valence-corrected chi connectivity index (χ4v) is 3.22. The Morgan fingerprint density at radius 3 is 2.59 bits per heavy atom. The molecule has 2 aromatic carbocycles. The van der Waals surface area contributed by atoms with Crippen LogP contribution in [0.5, 0.6) is 11.5 Å². The molecule has 0 radical (unpaired) electrons. The number of carbonyl (C=O) groups excluding carboxylic acids is 1. The van der Waals surface area contributed by atoms with Gasteiger partial charge in [0.1, 0.15) is 17.2 Å². The number of alkyl halides is 3. The Morgan fingerprint density at radius 1 is 1.09 bits per heavy atom. The van der Waals surface area contributed by atoms with Gasteiger partial charge in [-0.25, -0.2) is 4.98 Å². The number of fused-ring (bicyclic) bond motifs is 1. The standard InChI is InChI=1S/C21H15ClF3N5O2/c1-26-19(31)18-10-13(6-7-27-18)32-12-3-5-16-17(9-12)30-20(29-16)28-11-2-4-14(15(22)8-11)21(23,24)25/h2-10H,1H3,(H,26,31)(H2,28,29,30). The van der Waals surface area contributed by atoms with Gasteiger partial charge in [0, 0.05) is 31.1 Å². The second-order valence-electron chi connectivity index (χ2n) is 6.64. The zero-order valence-electron chi connectivity index (χ0n) is 16.4. The number of pyridine rings is 1. The molecule has 3 N–H and O–H groups in total. The molecule has 0 saturated carbocycles. The van der Waals surface area contributed by atoms with E-state index in [9.17, 15) is 18.0 Å². The normalized spacial score (nSPS) is 11.4. The van der Waals surface area contributed by atoms with Gasteiger partial charge in [0.25, 0.3) is 5.91 Å². The van der Waals surface area contributed by atoms with Gasteiger partial charge in [0.05, 0.1) is 21.6 Å². The zero-order chi connectivity index (χ0) is 22.9. The van der Waals surface area contributed by atoms with Gasteiger partial charge in [-0.15, -0.1) is 0 Å². The number of nitrogens with zero attached hydrogens (tertiary/aromatic N) is 2. The number of H-pyrrole nitrogens is 1. The average Bonchev–Trinajstić information content (AvgIpc) is 3.14. The van der Waals surface area contributed by atoms with Gasteiger partial charge in [-0.1, -0.05) is 11.6 Å². The highest BCUT2D eigenvalue weighted by atomic mass is 35.5. The molecule has 2 aromatic heterocycles. The fraction of sp³-hybridized carbons (Fsp3) is 0.0952. The Morgan fingerprint density at radius 2 is 1.88 bits per heavy atom. The Labute approximate surface area is 184 Å². The van der Waals surface area contributed by atoms with Crippen LogP contribution >= 0.6 is 11.6 Å². The first kappa shape index (κ1) is 21.4. The number of rotatable bonds is 5. The van der Waals surface area contributed by atoms with Crippen LogP contribution in [0.2, 0.25) is 5.02 Å². The third-order valence-electron chi connectivity index (χ3n) is 4.42. The molecule has 0 aliphatic rings. The summed E-state index contributed by atoms with van der Waals surface area (Å²) in [5.41, 5.74) is 0.888. The number of aromatic nitrogens is 3. The van der Waals surface area contributed by atoms with Crippen LogP contribution in [-0.2, 0) is 6.18 Å². The van der Waals surface area contributed by atoms with Crippen molar-refractivity contribution in [2.45, 2.75) is 6.18 Å². The lowest BCUT2D eigenvalue weighted by molar-refractivity contribution is -0.137. The summed E-state index contributed by atoms with van der Waals surface area (Å²) in [5, 5.41) is 4.97. The number of imidazole rings is 1. The van der Waals surface area contributed by atoms with Crippen LogP contribution in [0.3, 0.4) is 0 Å². The molecule has 32 heavy (non-hydrogen) atoms. The van der Waals surface area contributed by atoms with Crippen molar-refractivity contribution in [2.24, 2.45) is 0 Å². The minimum Gasteiger partial charge on any atom is -0.457 e. The van der Waals surface area contributed by atoms with Crippen molar-refractivity contribution in [3.05, 3.63) is 71.0 Å². The first-order chi connectivity index (χ1) is 15.2. The van der Waals surface area contributed by atoms with Crippen LogP contribution in [-0.4, -0.2) is 27.9 Å². The van der Waals surface area contributed by atoms with Gasteiger partial charge in [-0.2, -0.15) is 13.2 Å². The lowest BCUT2D eigenvalue weighted by Crippen LogP contribution is -2.18. The summed E-state index contributed by atoms with van der Waals surface area (Å²) in [7, 11) is 1.51. The molecule has 11 heteroatoms. The van der Waals surface area contributed by atoms with Crippen molar-refractivity contribution in [3.63, 3.8) is 0 Å². The first-order valence-electron chi connectivity index (χ1n) is 9.22. The van der Waals surface area contributed by atoms with E-state index in [1.165, 1.54) is 31.4 Å².